The second-order valence-electron chi connectivity index (χ2n) is 4.63. The fraction of sp³-hybridized carbons (Fsp3) is 0.688. The van der Waals surface area contributed by atoms with Crippen LogP contribution in [0, 0.1) is 0 Å². The van der Waals surface area contributed by atoms with E-state index in [4.69, 9.17) is 0 Å². The standard InChI is InChI=1S/C16H28O2/c1-3-4-5-6-7-8-9-10-11-12-13-14-15-18-16(2)17/h12-15H,3-11H2,1-2H3. The molecule has 0 saturated carbocycles. The minimum atomic E-state index is -0.275. The first-order valence-corrected chi connectivity index (χ1v) is 7.26. The van der Waals surface area contributed by atoms with E-state index >= 15 is 0 Å². The van der Waals surface area contributed by atoms with Crippen molar-refractivity contribution in [3.8, 4) is 0 Å². The van der Waals surface area contributed by atoms with E-state index in [0.717, 1.165) is 6.42 Å². The normalized spacial score (nSPS) is 11.4. The van der Waals surface area contributed by atoms with E-state index in [2.05, 4.69) is 17.7 Å². The maximum absolute atomic E-state index is 10.4. The zero-order chi connectivity index (χ0) is 13.5. The molecule has 0 fully saturated rings. The molecule has 0 amide bonds. The zero-order valence-corrected chi connectivity index (χ0v) is 12.0. The van der Waals surface area contributed by atoms with E-state index in [1.165, 1.54) is 64.6 Å². The lowest BCUT2D eigenvalue weighted by molar-refractivity contribution is -0.135. The molecule has 2 nitrogen and oxygen atoms in total. The molecule has 0 heterocycles. The molecule has 0 unspecified atom stereocenters. The number of unbranched alkanes of at least 4 members (excludes halogenated alkanes) is 8. The summed E-state index contributed by atoms with van der Waals surface area (Å²) in [5.74, 6) is -0.275. The molecule has 0 N–H and O–H groups in total. The molecule has 0 aliphatic heterocycles. The highest BCUT2D eigenvalue weighted by Gasteiger charge is 1.90. The minimum absolute atomic E-state index is 0.275. The van der Waals surface area contributed by atoms with Crippen molar-refractivity contribution >= 4 is 5.97 Å². The van der Waals surface area contributed by atoms with Gasteiger partial charge in [0.05, 0.1) is 6.26 Å². The molecule has 0 saturated heterocycles. The average molecular weight is 252 g/mol. The zero-order valence-electron chi connectivity index (χ0n) is 12.0. The van der Waals surface area contributed by atoms with Gasteiger partial charge in [0.2, 0.25) is 0 Å². The van der Waals surface area contributed by atoms with Crippen molar-refractivity contribution in [3.63, 3.8) is 0 Å². The van der Waals surface area contributed by atoms with Crippen molar-refractivity contribution in [2.24, 2.45) is 0 Å². The highest BCUT2D eigenvalue weighted by atomic mass is 16.5. The summed E-state index contributed by atoms with van der Waals surface area (Å²) >= 11 is 0. The van der Waals surface area contributed by atoms with E-state index in [1.807, 2.05) is 6.08 Å². The molecule has 104 valence electrons. The van der Waals surface area contributed by atoms with Crippen LogP contribution in [0.15, 0.2) is 24.5 Å². The van der Waals surface area contributed by atoms with E-state index in [1.54, 1.807) is 6.08 Å². The molecule has 0 atom stereocenters. The second-order valence-corrected chi connectivity index (χ2v) is 4.63. The highest BCUT2D eigenvalue weighted by molar-refractivity contribution is 5.66. The largest absolute Gasteiger partial charge is 0.435 e. The van der Waals surface area contributed by atoms with Gasteiger partial charge < -0.3 is 4.74 Å². The van der Waals surface area contributed by atoms with Crippen molar-refractivity contribution < 1.29 is 9.53 Å². The van der Waals surface area contributed by atoms with Crippen LogP contribution in [0.2, 0.25) is 0 Å². The molecule has 0 spiro atoms. The molecule has 0 aromatic rings. The Hall–Kier alpha value is -1.05. The van der Waals surface area contributed by atoms with Gasteiger partial charge >= 0.3 is 5.97 Å². The van der Waals surface area contributed by atoms with Crippen LogP contribution in [0.4, 0.5) is 0 Å². The molecule has 0 aliphatic rings. The summed E-state index contributed by atoms with van der Waals surface area (Å²) in [6.45, 7) is 3.65. The second kappa shape index (κ2) is 14.0. The van der Waals surface area contributed by atoms with E-state index in [9.17, 15) is 4.79 Å². The maximum atomic E-state index is 10.4. The molecule has 0 rings (SSSR count). The number of hydrogen-bond acceptors (Lipinski definition) is 2. The lowest BCUT2D eigenvalue weighted by atomic mass is 10.1. The van der Waals surface area contributed by atoms with Gasteiger partial charge in [-0.1, -0.05) is 64.0 Å². The Labute approximate surface area is 112 Å². The van der Waals surface area contributed by atoms with Gasteiger partial charge in [0, 0.05) is 6.92 Å². The minimum Gasteiger partial charge on any atom is -0.435 e. The Morgan fingerprint density at radius 1 is 0.944 bits per heavy atom. The van der Waals surface area contributed by atoms with Crippen molar-refractivity contribution in [1.29, 1.82) is 0 Å². The third-order valence-electron chi connectivity index (χ3n) is 2.78. The van der Waals surface area contributed by atoms with Gasteiger partial charge in [0.15, 0.2) is 0 Å². The van der Waals surface area contributed by atoms with Gasteiger partial charge in [-0.3, -0.25) is 4.79 Å². The van der Waals surface area contributed by atoms with Crippen molar-refractivity contribution in [2.45, 2.75) is 71.6 Å². The van der Waals surface area contributed by atoms with Crippen molar-refractivity contribution in [2.75, 3.05) is 0 Å². The predicted octanol–water partition coefficient (Wildman–Crippen LogP) is 5.15. The molecule has 0 aliphatic carbocycles. The SMILES string of the molecule is CCCCCCCCCCC=CC=COC(C)=O. The van der Waals surface area contributed by atoms with Crippen LogP contribution in [-0.2, 0) is 9.53 Å². The number of carbonyl (C=O) groups is 1. The Morgan fingerprint density at radius 2 is 1.56 bits per heavy atom. The van der Waals surface area contributed by atoms with Crippen LogP contribution < -0.4 is 0 Å². The third kappa shape index (κ3) is 14.9. The number of hydrogen-bond donors (Lipinski definition) is 0. The van der Waals surface area contributed by atoms with Crippen LogP contribution in [0.5, 0.6) is 0 Å². The number of ether oxygens (including phenoxy) is 1. The third-order valence-corrected chi connectivity index (χ3v) is 2.78. The average Bonchev–Trinajstić information content (AvgIpc) is 2.34. The molecule has 18 heavy (non-hydrogen) atoms. The smallest absolute Gasteiger partial charge is 0.307 e. The fourth-order valence-corrected chi connectivity index (χ4v) is 1.75. The molecule has 0 bridgehead atoms. The highest BCUT2D eigenvalue weighted by Crippen LogP contribution is 2.09. The summed E-state index contributed by atoms with van der Waals surface area (Å²) in [4.78, 5) is 10.4. The maximum Gasteiger partial charge on any atom is 0.307 e. The number of carbonyl (C=O) groups excluding carboxylic acids is 1. The van der Waals surface area contributed by atoms with Gasteiger partial charge in [0.1, 0.15) is 0 Å². The van der Waals surface area contributed by atoms with Crippen LogP contribution in [0.1, 0.15) is 71.6 Å². The molecular weight excluding hydrogens is 224 g/mol. The lowest BCUT2D eigenvalue weighted by Gasteiger charge is -1.99. The first-order chi connectivity index (χ1) is 8.77. The Morgan fingerprint density at radius 3 is 2.17 bits per heavy atom. The molecule has 0 aromatic carbocycles. The van der Waals surface area contributed by atoms with Gasteiger partial charge in [-0.2, -0.15) is 0 Å². The predicted molar refractivity (Wildman–Crippen MR) is 77.3 cm³/mol. The lowest BCUT2D eigenvalue weighted by Crippen LogP contribution is -1.88. The quantitative estimate of drug-likeness (QED) is 0.220. The van der Waals surface area contributed by atoms with Crippen molar-refractivity contribution in [3.05, 3.63) is 24.5 Å². The van der Waals surface area contributed by atoms with Crippen molar-refractivity contribution in [1.82, 2.24) is 0 Å². The molecule has 0 radical (unpaired) electrons. The summed E-state index contributed by atoms with van der Waals surface area (Å²) in [6, 6.07) is 0. The van der Waals surface area contributed by atoms with E-state index in [-0.39, 0.29) is 5.97 Å². The number of esters is 1. The van der Waals surface area contributed by atoms with Crippen LogP contribution in [0.3, 0.4) is 0 Å². The summed E-state index contributed by atoms with van der Waals surface area (Å²) in [5, 5.41) is 0. The molecule has 2 heteroatoms. The van der Waals surface area contributed by atoms with E-state index < -0.39 is 0 Å². The summed E-state index contributed by atoms with van der Waals surface area (Å²) < 4.78 is 4.66. The van der Waals surface area contributed by atoms with Crippen LogP contribution >= 0.6 is 0 Å². The Kier molecular flexibility index (Phi) is 13.2. The monoisotopic (exact) mass is 252 g/mol. The van der Waals surface area contributed by atoms with Crippen LogP contribution in [-0.4, -0.2) is 5.97 Å². The van der Waals surface area contributed by atoms with E-state index in [0.29, 0.717) is 0 Å². The van der Waals surface area contributed by atoms with Gasteiger partial charge in [-0.25, -0.2) is 0 Å². The van der Waals surface area contributed by atoms with Gasteiger partial charge in [-0.05, 0) is 18.9 Å². The topological polar surface area (TPSA) is 26.3 Å². The first-order valence-electron chi connectivity index (χ1n) is 7.26. The molecular formula is C16H28O2. The summed E-state index contributed by atoms with van der Waals surface area (Å²) in [7, 11) is 0. The number of rotatable bonds is 11. The van der Waals surface area contributed by atoms with Crippen LogP contribution in [0.25, 0.3) is 0 Å². The Bertz CT molecular complexity index is 241. The van der Waals surface area contributed by atoms with Gasteiger partial charge in [0.25, 0.3) is 0 Å². The molecule has 0 aromatic heterocycles. The first kappa shape index (κ1) is 16.9. The fourth-order valence-electron chi connectivity index (χ4n) is 1.75. The summed E-state index contributed by atoms with van der Waals surface area (Å²) in [5.41, 5.74) is 0. The Balaban J connectivity index is 3.17. The summed E-state index contributed by atoms with van der Waals surface area (Å²) in [6.07, 6.45) is 19.2. The number of allylic oxidation sites excluding steroid dienone is 3. The van der Waals surface area contributed by atoms with Gasteiger partial charge in [-0.15, -0.1) is 0 Å².